The van der Waals surface area contributed by atoms with E-state index in [-0.39, 0.29) is 96.4 Å². The van der Waals surface area contributed by atoms with Gasteiger partial charge in [-0.2, -0.15) is 26.2 Å². The molecule has 0 aliphatic heterocycles. The SMILES string of the molecule is CB(O)NCC(CC(=O)NCCC#N)CC(C)C.CB(O)NCC(CC(=O)O)CC(C)C.CB(O)NCC(Cc1nn[nH]n1)CC(C)C.CB(O)NCC(Cc1nnnn1CCC#N)CC(C)C.CC(C)CC(CN)CC(=O)O.CC(C)CC(CN)Cc1nn[nH]n1.Cl.Cl.N#CCCN.O=BC#CO.[Na+].[OH-]. The molecule has 0 saturated heterocycles. The van der Waals surface area contributed by atoms with Crippen molar-refractivity contribution in [3.05, 3.63) is 17.5 Å². The van der Waals surface area contributed by atoms with Crippen molar-refractivity contribution >= 4 is 78.0 Å². The molecule has 600 valence electrons. The van der Waals surface area contributed by atoms with Crippen molar-refractivity contribution in [1.29, 1.82) is 15.8 Å². The van der Waals surface area contributed by atoms with Crippen molar-refractivity contribution in [3.63, 3.8) is 0 Å². The summed E-state index contributed by atoms with van der Waals surface area (Å²) in [7, 11) is -1.79. The Bertz CT molecular complexity index is 2670. The van der Waals surface area contributed by atoms with Gasteiger partial charge >= 0.3 is 98.6 Å². The second-order valence-electron chi connectivity index (χ2n) is 27.5. The van der Waals surface area contributed by atoms with Crippen LogP contribution in [0.15, 0.2) is 0 Å². The fraction of sp³-hybridized carbons (Fsp3) is 0.825. The molecule has 43 heteroatoms. The number of aliphatic hydroxyl groups is 1. The van der Waals surface area contributed by atoms with Gasteiger partial charge in [-0.3, -0.25) is 14.4 Å². The van der Waals surface area contributed by atoms with E-state index < -0.39 is 40.1 Å². The number of aliphatic hydroxyl groups excluding tert-OH is 1. The van der Waals surface area contributed by atoms with Gasteiger partial charge in [-0.15, -0.1) is 50.3 Å². The first-order valence-corrected chi connectivity index (χ1v) is 35.4. The smallest absolute Gasteiger partial charge is 0.870 e. The first kappa shape index (κ1) is 119. The molecule has 3 aromatic heterocycles. The van der Waals surface area contributed by atoms with Crippen LogP contribution in [0.2, 0.25) is 27.3 Å². The molecule has 3 aromatic rings. The van der Waals surface area contributed by atoms with E-state index in [2.05, 4.69) is 172 Å². The predicted octanol–water partition coefficient (Wildman–Crippen LogP) is 0.490. The number of nitrogens with zero attached hydrogens (tertiary/aromatic N) is 13. The molecule has 106 heavy (non-hydrogen) atoms. The van der Waals surface area contributed by atoms with Gasteiger partial charge in [-0.25, -0.2) is 4.68 Å². The number of hydrogen-bond acceptors (Lipinski definition) is 29. The van der Waals surface area contributed by atoms with Gasteiger partial charge in [0.2, 0.25) is 5.91 Å². The molecule has 6 unspecified atom stereocenters. The molecule has 3 rings (SSSR count). The Morgan fingerprint density at radius 2 is 0.887 bits per heavy atom. The molecule has 0 aromatic carbocycles. The molecule has 35 nitrogen and oxygen atoms in total. The Labute approximate surface area is 668 Å². The van der Waals surface area contributed by atoms with Crippen LogP contribution >= 0.6 is 24.8 Å². The Morgan fingerprint density at radius 1 is 0.538 bits per heavy atom. The van der Waals surface area contributed by atoms with Gasteiger partial charge in [-0.1, -0.05) is 93.5 Å². The van der Waals surface area contributed by atoms with E-state index in [1.807, 2.05) is 12.1 Å². The molecule has 0 aliphatic carbocycles. The summed E-state index contributed by atoms with van der Waals surface area (Å²) in [6, 6.07) is 5.98. The average Bonchev–Trinajstić information content (AvgIpc) is 1.83. The molecule has 0 fully saturated rings. The van der Waals surface area contributed by atoms with Gasteiger partial charge in [0.05, 0.1) is 37.6 Å². The number of aryl methyl sites for hydroxylation is 1. The molecule has 1 amide bonds. The number of aromatic nitrogens is 12. The van der Waals surface area contributed by atoms with Crippen LogP contribution in [-0.2, 0) is 44.9 Å². The summed E-state index contributed by atoms with van der Waals surface area (Å²) in [6.07, 6.45) is 11.7. The van der Waals surface area contributed by atoms with Gasteiger partial charge in [0.15, 0.2) is 17.5 Å². The van der Waals surface area contributed by atoms with Crippen molar-refractivity contribution in [3.8, 4) is 30.1 Å². The fourth-order valence-electron chi connectivity index (χ4n) is 10.0. The number of carboxylic acid groups (broad SMARTS) is 2. The monoisotopic (exact) mass is 1550 g/mol. The fourth-order valence-corrected chi connectivity index (χ4v) is 10.0. The number of carboxylic acids is 2. The van der Waals surface area contributed by atoms with Gasteiger partial charge < -0.3 is 79.2 Å². The summed E-state index contributed by atoms with van der Waals surface area (Å²) in [5.41, 5.74) is 16.0. The molecule has 3 heterocycles. The maximum atomic E-state index is 11.6. The van der Waals surface area contributed by atoms with E-state index in [0.717, 1.165) is 88.4 Å². The first-order chi connectivity index (χ1) is 48.1. The minimum Gasteiger partial charge on any atom is -0.870 e. The Kier molecular flexibility index (Phi) is 90.6. The number of halogens is 2. The molecular formula is C63H131B5Cl2N23NaO12. The number of amides is 1. The Morgan fingerprint density at radius 3 is 1.20 bits per heavy atom. The number of nitriles is 3. The third-order valence-electron chi connectivity index (χ3n) is 13.9. The van der Waals surface area contributed by atoms with Crippen LogP contribution < -0.4 is 73.0 Å². The number of aliphatic carboxylic acids is 2. The van der Waals surface area contributed by atoms with Crippen LogP contribution in [0.4, 0.5) is 0 Å². The number of H-pyrrole nitrogens is 2. The van der Waals surface area contributed by atoms with Gasteiger partial charge in [0.1, 0.15) is 0 Å². The zero-order valence-corrected chi connectivity index (χ0v) is 70.0. The number of hydrogen-bond donors (Lipinski definition) is 17. The summed E-state index contributed by atoms with van der Waals surface area (Å²) >= 11 is 0. The molecule has 6 atom stereocenters. The van der Waals surface area contributed by atoms with Crippen molar-refractivity contribution in [2.24, 2.45) is 88.2 Å². The zero-order valence-electron chi connectivity index (χ0n) is 66.4. The normalized spacial score (nSPS) is 11.6. The summed E-state index contributed by atoms with van der Waals surface area (Å²) in [6.45, 7) is 37.6. The zero-order chi connectivity index (χ0) is 78.8. The minimum absolute atomic E-state index is 0. The van der Waals surface area contributed by atoms with Crippen LogP contribution in [0.25, 0.3) is 0 Å². The van der Waals surface area contributed by atoms with Gasteiger partial charge in [0.25, 0.3) is 0 Å². The quantitative estimate of drug-likeness (QED) is 0.0208. The van der Waals surface area contributed by atoms with Crippen LogP contribution in [-0.4, -0.2) is 208 Å². The standard InChI is InChI=1S/C12H23BN6O.C12H24BN3O2.C9H20BN5O.C9H20BNO3.C8H17N5.C8H17NO2.C3H6N2.C2HBO2.2ClH.Na.H2O/c1-10(2)7-11(9-15-13(3)20)8-12-16-17-18-19(12)6-4-5-14;1-10(2)7-11(9-16-13(3)18)8-12(17)15-6-4-5-14;1-7(2)4-8(6-11-10(3)16)5-9-12-14-15-13-9;1-7(2)4-8(5-9(12)13)6-11-10(3)14;1-6(2)3-7(5-9)4-8-10-12-13-11-8;1-6(2)3-7(5-9)4-8(10)11;2*4-2-1-3-5;;;;/h10-11,15,20H,4,6-9H2,1-3H3;10-11,16,18H,4,6-9H2,1-3H3,(H,15,17);7-8,11,16H,4-6H2,1-3H3,(H,12,13,14,15);7-8,11,14H,4-6H2,1-3H3,(H,12,13);6-7H,3-5,9H2,1-2H3,(H,10,11,12,13);6-7H,3-5,9H2,1-2H3,(H,10,11);1-2,4H2;4H;2*1H;;1H2/q;;;;;;;;;;+1;/p-1. The molecule has 21 N–H and O–H groups in total. The third-order valence-corrected chi connectivity index (χ3v) is 13.9. The number of nitrogens with one attached hydrogen (secondary N) is 7. The second kappa shape index (κ2) is 80.7. The molecular weight excluding hydrogens is 1420 g/mol. The first-order valence-electron chi connectivity index (χ1n) is 35.4. The van der Waals surface area contributed by atoms with Crippen molar-refractivity contribution in [2.45, 2.75) is 213 Å². The average molecular weight is 1550 g/mol. The van der Waals surface area contributed by atoms with E-state index in [1.54, 1.807) is 37.8 Å². The number of carbonyl (C=O) groups is 3. The van der Waals surface area contributed by atoms with Gasteiger partial charge in [-0.05, 0) is 187 Å². The number of tetrazole rings is 3. The van der Waals surface area contributed by atoms with E-state index >= 15 is 0 Å². The number of nitrogens with two attached hydrogens (primary N) is 3. The van der Waals surface area contributed by atoms with Crippen molar-refractivity contribution in [2.75, 3.05) is 52.4 Å². The molecule has 0 saturated carbocycles. The summed E-state index contributed by atoms with van der Waals surface area (Å²) in [5, 5.41) is 140. The van der Waals surface area contributed by atoms with E-state index in [9.17, 15) is 29.5 Å². The minimum atomic E-state index is -0.775. The molecule has 0 bridgehead atoms. The summed E-state index contributed by atoms with van der Waals surface area (Å²) in [5.74, 6) is 7.57. The predicted molar refractivity (Wildman–Crippen MR) is 415 cm³/mol. The van der Waals surface area contributed by atoms with E-state index in [0.29, 0.717) is 132 Å². The Balaban J connectivity index is -0.000000148. The molecule has 0 aliphatic rings. The van der Waals surface area contributed by atoms with Gasteiger partial charge in [0, 0.05) is 58.0 Å². The maximum absolute atomic E-state index is 11.6. The van der Waals surface area contributed by atoms with E-state index in [4.69, 9.17) is 58.0 Å². The second-order valence-corrected chi connectivity index (χ2v) is 27.5. The largest absolute Gasteiger partial charge is 1.00 e. The summed E-state index contributed by atoms with van der Waals surface area (Å²) in [4.78, 5) is 32.5. The number of aromatic amines is 2. The summed E-state index contributed by atoms with van der Waals surface area (Å²) < 4.78 is 10.8. The topological polar surface area (TPSA) is 602 Å². The van der Waals surface area contributed by atoms with Crippen LogP contribution in [0.5, 0.6) is 0 Å². The molecule has 0 spiro atoms. The molecule has 0 radical (unpaired) electrons. The Hall–Kier alpha value is -5.33. The number of carbonyl (C=O) groups excluding carboxylic acids is 1. The van der Waals surface area contributed by atoms with Crippen LogP contribution in [0.1, 0.15) is 178 Å². The third kappa shape index (κ3) is 87.6. The van der Waals surface area contributed by atoms with Crippen LogP contribution in [0.3, 0.4) is 0 Å². The van der Waals surface area contributed by atoms with Crippen LogP contribution in [0, 0.1) is 117 Å². The van der Waals surface area contributed by atoms with E-state index in [1.165, 1.54) is 6.11 Å². The van der Waals surface area contributed by atoms with Crippen molar-refractivity contribution < 1.29 is 89.5 Å². The van der Waals surface area contributed by atoms with Crippen molar-refractivity contribution in [1.82, 2.24) is 87.7 Å². The maximum Gasteiger partial charge on any atom is 1.00 e. The number of rotatable bonds is 43.